The van der Waals surface area contributed by atoms with E-state index in [0.717, 1.165) is 0 Å². The molecule has 0 aliphatic heterocycles. The van der Waals surface area contributed by atoms with Gasteiger partial charge >= 0.3 is 21.7 Å². The molecule has 1 unspecified atom stereocenters. The van der Waals surface area contributed by atoms with Gasteiger partial charge < -0.3 is 12.5 Å². The minimum Gasteiger partial charge on any atom is -0.397 e. The second-order valence-electron chi connectivity index (χ2n) is 4.66. The first-order valence-electron chi connectivity index (χ1n) is 6.51. The molecule has 0 saturated carbocycles. The fourth-order valence-corrected chi connectivity index (χ4v) is 2.36. The molecule has 1 aliphatic carbocycles. The Morgan fingerprint density at radius 3 is 1.91 bits per heavy atom. The van der Waals surface area contributed by atoms with E-state index >= 15 is 0 Å². The van der Waals surface area contributed by atoms with Gasteiger partial charge in [-0.25, -0.2) is 0 Å². The van der Waals surface area contributed by atoms with Gasteiger partial charge in [-0.2, -0.15) is 0 Å². The third-order valence-electron chi connectivity index (χ3n) is 3.64. The molecule has 0 heterocycles. The SMILES string of the molecule is CC1=C(C)C(C)C(c2[c-]cccc2)=C1C.CCO.Cl.Cl.[CH3-].[Ti+2]. The normalized spacial score (nSPS) is 15.5. The molecule has 1 aromatic carbocycles. The van der Waals surface area contributed by atoms with Gasteiger partial charge in [-0.15, -0.1) is 66.3 Å². The van der Waals surface area contributed by atoms with Crippen LogP contribution in [0.15, 0.2) is 41.0 Å². The average molecular weight is 379 g/mol. The zero-order chi connectivity index (χ0) is 13.7. The summed E-state index contributed by atoms with van der Waals surface area (Å²) in [6, 6.07) is 11.6. The Labute approximate surface area is 164 Å². The Kier molecular flexibility index (Phi) is 19.8. The van der Waals surface area contributed by atoms with Gasteiger partial charge in [-0.05, 0) is 33.6 Å². The van der Waals surface area contributed by atoms with Crippen molar-refractivity contribution in [1.82, 2.24) is 0 Å². The van der Waals surface area contributed by atoms with E-state index in [-0.39, 0.29) is 60.6 Å². The van der Waals surface area contributed by atoms with Crippen LogP contribution in [0.4, 0.5) is 0 Å². The van der Waals surface area contributed by atoms with Gasteiger partial charge in [0.1, 0.15) is 0 Å². The molecule has 2 rings (SSSR count). The van der Waals surface area contributed by atoms with Crippen LogP contribution < -0.4 is 0 Å². The number of allylic oxidation sites excluding steroid dienone is 4. The minimum atomic E-state index is 0. The molecule has 0 radical (unpaired) electrons. The van der Waals surface area contributed by atoms with Crippen LogP contribution >= 0.6 is 24.8 Å². The van der Waals surface area contributed by atoms with Crippen LogP contribution in [-0.2, 0) is 21.7 Å². The number of halogens is 2. The third-order valence-corrected chi connectivity index (χ3v) is 3.64. The largest absolute Gasteiger partial charge is 2.00 e. The summed E-state index contributed by atoms with van der Waals surface area (Å²) in [5.41, 5.74) is 7.08. The maximum absolute atomic E-state index is 7.57. The van der Waals surface area contributed by atoms with E-state index in [1.807, 2.05) is 12.1 Å². The predicted octanol–water partition coefficient (Wildman–Crippen LogP) is 5.54. The molecule has 124 valence electrons. The molecule has 0 spiro atoms. The number of benzene rings is 1. The minimum absolute atomic E-state index is 0. The van der Waals surface area contributed by atoms with Crippen molar-refractivity contribution in [2.24, 2.45) is 5.92 Å². The van der Waals surface area contributed by atoms with Gasteiger partial charge in [0, 0.05) is 6.61 Å². The van der Waals surface area contributed by atoms with Gasteiger partial charge in [0.15, 0.2) is 0 Å². The summed E-state index contributed by atoms with van der Waals surface area (Å²) in [6.07, 6.45) is 0. The molecule has 1 aliphatic rings. The van der Waals surface area contributed by atoms with Crippen molar-refractivity contribution in [3.05, 3.63) is 60.0 Å². The van der Waals surface area contributed by atoms with Gasteiger partial charge in [-0.1, -0.05) is 23.6 Å². The zero-order valence-corrected chi connectivity index (χ0v) is 17.6. The van der Waals surface area contributed by atoms with Crippen LogP contribution in [0, 0.1) is 19.4 Å². The second-order valence-corrected chi connectivity index (χ2v) is 4.66. The molecule has 4 heteroatoms. The van der Waals surface area contributed by atoms with E-state index in [4.69, 9.17) is 5.11 Å². The van der Waals surface area contributed by atoms with Gasteiger partial charge in [0.25, 0.3) is 0 Å². The number of hydrogen-bond donors (Lipinski definition) is 1. The van der Waals surface area contributed by atoms with Crippen molar-refractivity contribution >= 4 is 30.4 Å². The van der Waals surface area contributed by atoms with Crippen molar-refractivity contribution in [1.29, 1.82) is 0 Å². The van der Waals surface area contributed by atoms with Crippen molar-refractivity contribution in [2.45, 2.75) is 34.6 Å². The van der Waals surface area contributed by atoms with Crippen LogP contribution in [0.25, 0.3) is 5.57 Å². The molecule has 1 nitrogen and oxygen atoms in total. The fourth-order valence-electron chi connectivity index (χ4n) is 2.36. The standard InChI is InChI=1S/C15H17.C2H6O.CH3.2ClH.Ti/c1-10-11(2)13(4)15(12(10)3)14-8-6-5-7-9-14;1-2-3;;;;/h5-8,12H,1-4H3;3H,2H2,1H3;1H3;2*1H;/q-1;;-1;;;+2. The van der Waals surface area contributed by atoms with E-state index < -0.39 is 0 Å². The predicted molar refractivity (Wildman–Crippen MR) is 99.1 cm³/mol. The van der Waals surface area contributed by atoms with Crippen LogP contribution in [-0.4, -0.2) is 11.7 Å². The number of aliphatic hydroxyl groups excluding tert-OH is 1. The van der Waals surface area contributed by atoms with E-state index in [1.54, 1.807) is 6.92 Å². The zero-order valence-electron chi connectivity index (χ0n) is 14.4. The van der Waals surface area contributed by atoms with Crippen molar-refractivity contribution in [2.75, 3.05) is 6.61 Å². The fraction of sp³-hybridized carbons (Fsp3) is 0.389. The Bertz CT molecular complexity index is 467. The molecule has 0 amide bonds. The summed E-state index contributed by atoms with van der Waals surface area (Å²) in [5, 5.41) is 7.57. The number of rotatable bonds is 1. The van der Waals surface area contributed by atoms with Crippen LogP contribution in [0.3, 0.4) is 0 Å². The Hall–Kier alpha value is -0.0457. The van der Waals surface area contributed by atoms with Crippen molar-refractivity contribution < 1.29 is 26.8 Å². The number of aliphatic hydroxyl groups is 1. The first-order valence-corrected chi connectivity index (χ1v) is 6.51. The van der Waals surface area contributed by atoms with E-state index in [0.29, 0.717) is 5.92 Å². The smallest absolute Gasteiger partial charge is 0.397 e. The molecule has 0 saturated heterocycles. The van der Waals surface area contributed by atoms with Crippen LogP contribution in [0.1, 0.15) is 40.2 Å². The Morgan fingerprint density at radius 1 is 1.09 bits per heavy atom. The second kappa shape index (κ2) is 14.5. The van der Waals surface area contributed by atoms with Crippen molar-refractivity contribution in [3.63, 3.8) is 0 Å². The topological polar surface area (TPSA) is 20.2 Å². The molecular weight excluding hydrogens is 351 g/mol. The summed E-state index contributed by atoms with van der Waals surface area (Å²) in [5.74, 6) is 0.545. The van der Waals surface area contributed by atoms with Crippen LogP contribution in [0.2, 0.25) is 0 Å². The molecule has 1 N–H and O–H groups in total. The molecule has 0 fully saturated rings. The molecule has 22 heavy (non-hydrogen) atoms. The molecular formula is C18H28Cl2OTi. The molecule has 0 bridgehead atoms. The summed E-state index contributed by atoms with van der Waals surface area (Å²) < 4.78 is 0. The Morgan fingerprint density at radius 2 is 1.59 bits per heavy atom. The average Bonchev–Trinajstić information content (AvgIpc) is 2.56. The molecule has 1 aromatic rings. The van der Waals surface area contributed by atoms with Crippen LogP contribution in [0.5, 0.6) is 0 Å². The molecule has 1 atom stereocenters. The van der Waals surface area contributed by atoms with E-state index in [2.05, 4.69) is 45.9 Å². The van der Waals surface area contributed by atoms with Gasteiger partial charge in [-0.3, -0.25) is 0 Å². The summed E-state index contributed by atoms with van der Waals surface area (Å²) >= 11 is 0. The maximum atomic E-state index is 7.57. The third kappa shape index (κ3) is 7.02. The summed E-state index contributed by atoms with van der Waals surface area (Å²) in [4.78, 5) is 0. The number of hydrogen-bond acceptors (Lipinski definition) is 1. The van der Waals surface area contributed by atoms with Crippen molar-refractivity contribution in [3.8, 4) is 0 Å². The quantitative estimate of drug-likeness (QED) is 0.502. The van der Waals surface area contributed by atoms with E-state index in [9.17, 15) is 0 Å². The first kappa shape index (κ1) is 29.9. The van der Waals surface area contributed by atoms with Gasteiger partial charge in [0.05, 0.1) is 0 Å². The monoisotopic (exact) mass is 378 g/mol. The van der Waals surface area contributed by atoms with Gasteiger partial charge in [0.2, 0.25) is 0 Å². The summed E-state index contributed by atoms with van der Waals surface area (Å²) in [6.45, 7) is 10.9. The Balaban J connectivity index is -0.000000215. The molecule has 0 aromatic heterocycles. The first-order chi connectivity index (χ1) is 8.54. The maximum Gasteiger partial charge on any atom is 2.00 e. The van der Waals surface area contributed by atoms with E-state index in [1.165, 1.54) is 27.9 Å². The summed E-state index contributed by atoms with van der Waals surface area (Å²) in [7, 11) is 0.